The van der Waals surface area contributed by atoms with Crippen LogP contribution in [0, 0.1) is 0 Å². The standard InChI is InChI=1S/C7H6ClF2NO/c1-12-5-4(7(9)10)2-3-11-6(5)8/h2-3,7H,1H3. The minimum absolute atomic E-state index is 0.0460. The molecule has 1 aromatic rings. The van der Waals surface area contributed by atoms with Gasteiger partial charge in [-0.2, -0.15) is 0 Å². The highest BCUT2D eigenvalue weighted by atomic mass is 35.5. The Bertz CT molecular complexity index is 280. The second-order valence-corrected chi connectivity index (χ2v) is 2.38. The van der Waals surface area contributed by atoms with Crippen molar-refractivity contribution in [1.82, 2.24) is 4.98 Å². The van der Waals surface area contributed by atoms with Crippen molar-refractivity contribution < 1.29 is 13.5 Å². The number of ether oxygens (including phenoxy) is 1. The van der Waals surface area contributed by atoms with Crippen LogP contribution in [-0.2, 0) is 0 Å². The van der Waals surface area contributed by atoms with Crippen molar-refractivity contribution in [3.63, 3.8) is 0 Å². The van der Waals surface area contributed by atoms with E-state index in [-0.39, 0.29) is 16.5 Å². The Balaban J connectivity index is 3.18. The number of pyridine rings is 1. The minimum Gasteiger partial charge on any atom is -0.493 e. The van der Waals surface area contributed by atoms with Gasteiger partial charge in [0.2, 0.25) is 0 Å². The van der Waals surface area contributed by atoms with Gasteiger partial charge in [-0.3, -0.25) is 0 Å². The molecule has 0 aliphatic rings. The Hall–Kier alpha value is -0.900. The largest absolute Gasteiger partial charge is 0.493 e. The van der Waals surface area contributed by atoms with Gasteiger partial charge in [0.25, 0.3) is 6.43 Å². The summed E-state index contributed by atoms with van der Waals surface area (Å²) < 4.78 is 29.1. The van der Waals surface area contributed by atoms with Crippen LogP contribution in [0.25, 0.3) is 0 Å². The van der Waals surface area contributed by atoms with Crippen LogP contribution in [0.5, 0.6) is 5.75 Å². The normalized spacial score (nSPS) is 10.4. The van der Waals surface area contributed by atoms with E-state index in [9.17, 15) is 8.78 Å². The first-order valence-electron chi connectivity index (χ1n) is 3.13. The van der Waals surface area contributed by atoms with Gasteiger partial charge >= 0.3 is 0 Å². The lowest BCUT2D eigenvalue weighted by Gasteiger charge is -2.07. The fraction of sp³-hybridized carbons (Fsp3) is 0.286. The topological polar surface area (TPSA) is 22.1 Å². The summed E-state index contributed by atoms with van der Waals surface area (Å²) in [6.45, 7) is 0. The molecule has 0 unspecified atom stereocenters. The third-order valence-corrected chi connectivity index (χ3v) is 1.60. The third-order valence-electron chi connectivity index (χ3n) is 1.33. The number of halogens is 3. The molecule has 0 N–H and O–H groups in total. The SMILES string of the molecule is COc1c(C(F)F)ccnc1Cl. The maximum Gasteiger partial charge on any atom is 0.267 e. The number of methoxy groups -OCH3 is 1. The predicted molar refractivity (Wildman–Crippen MR) is 40.8 cm³/mol. The zero-order chi connectivity index (χ0) is 9.14. The van der Waals surface area contributed by atoms with E-state index < -0.39 is 6.43 Å². The second kappa shape index (κ2) is 3.67. The summed E-state index contributed by atoms with van der Waals surface area (Å²) in [5.41, 5.74) is -0.238. The van der Waals surface area contributed by atoms with Crippen molar-refractivity contribution in [3.05, 3.63) is 23.0 Å². The van der Waals surface area contributed by atoms with Crippen LogP contribution in [0.3, 0.4) is 0 Å². The monoisotopic (exact) mass is 193 g/mol. The molecule has 1 heterocycles. The van der Waals surface area contributed by atoms with Gasteiger partial charge < -0.3 is 4.74 Å². The van der Waals surface area contributed by atoms with Gasteiger partial charge in [0, 0.05) is 6.20 Å². The summed E-state index contributed by atoms with van der Waals surface area (Å²) >= 11 is 5.50. The van der Waals surface area contributed by atoms with Crippen LogP contribution in [-0.4, -0.2) is 12.1 Å². The number of hydrogen-bond donors (Lipinski definition) is 0. The van der Waals surface area contributed by atoms with Gasteiger partial charge in [-0.05, 0) is 6.07 Å². The smallest absolute Gasteiger partial charge is 0.267 e. The number of aromatic nitrogens is 1. The predicted octanol–water partition coefficient (Wildman–Crippen LogP) is 2.68. The van der Waals surface area contributed by atoms with Crippen molar-refractivity contribution in [2.45, 2.75) is 6.43 Å². The van der Waals surface area contributed by atoms with E-state index in [1.807, 2.05) is 0 Å². The van der Waals surface area contributed by atoms with Crippen LogP contribution in [0.2, 0.25) is 5.15 Å². The van der Waals surface area contributed by atoms with Gasteiger partial charge in [0.15, 0.2) is 10.9 Å². The molecule has 0 saturated carbocycles. The number of hydrogen-bond acceptors (Lipinski definition) is 2. The van der Waals surface area contributed by atoms with E-state index in [2.05, 4.69) is 9.72 Å². The molecule has 0 aliphatic carbocycles. The van der Waals surface area contributed by atoms with Gasteiger partial charge in [0.1, 0.15) is 0 Å². The lowest BCUT2D eigenvalue weighted by atomic mass is 10.2. The van der Waals surface area contributed by atoms with Crippen LogP contribution < -0.4 is 4.74 Å². The minimum atomic E-state index is -2.60. The van der Waals surface area contributed by atoms with Gasteiger partial charge in [-0.15, -0.1) is 0 Å². The summed E-state index contributed by atoms with van der Waals surface area (Å²) in [6.07, 6.45) is -1.38. The first-order valence-corrected chi connectivity index (χ1v) is 3.51. The molecule has 12 heavy (non-hydrogen) atoms. The first-order chi connectivity index (χ1) is 5.66. The highest BCUT2D eigenvalue weighted by Crippen LogP contribution is 2.32. The zero-order valence-electron chi connectivity index (χ0n) is 6.22. The quantitative estimate of drug-likeness (QED) is 0.674. The third kappa shape index (κ3) is 1.64. The van der Waals surface area contributed by atoms with E-state index in [1.165, 1.54) is 19.4 Å². The Labute approximate surface area is 73.1 Å². The lowest BCUT2D eigenvalue weighted by Crippen LogP contribution is -1.94. The molecule has 1 rings (SSSR count). The Morgan fingerprint density at radius 2 is 2.25 bits per heavy atom. The maximum absolute atomic E-state index is 12.2. The van der Waals surface area contributed by atoms with Crippen LogP contribution >= 0.6 is 11.6 Å². The molecular formula is C7H6ClF2NO. The van der Waals surface area contributed by atoms with E-state index in [1.54, 1.807) is 0 Å². The maximum atomic E-state index is 12.2. The molecule has 2 nitrogen and oxygen atoms in total. The number of alkyl halides is 2. The Kier molecular flexibility index (Phi) is 2.81. The van der Waals surface area contributed by atoms with E-state index in [4.69, 9.17) is 11.6 Å². The van der Waals surface area contributed by atoms with Crippen molar-refractivity contribution >= 4 is 11.6 Å². The molecule has 0 radical (unpaired) electrons. The molecule has 0 amide bonds. The lowest BCUT2D eigenvalue weighted by molar-refractivity contribution is 0.147. The van der Waals surface area contributed by atoms with Crippen LogP contribution in [0.1, 0.15) is 12.0 Å². The molecule has 66 valence electrons. The number of nitrogens with zero attached hydrogens (tertiary/aromatic N) is 1. The summed E-state index contributed by atoms with van der Waals surface area (Å²) in [4.78, 5) is 3.60. The highest BCUT2D eigenvalue weighted by molar-refractivity contribution is 6.30. The van der Waals surface area contributed by atoms with Crippen LogP contribution in [0.15, 0.2) is 12.3 Å². The molecule has 5 heteroatoms. The van der Waals surface area contributed by atoms with Crippen molar-refractivity contribution in [3.8, 4) is 5.75 Å². The Morgan fingerprint density at radius 3 is 2.67 bits per heavy atom. The van der Waals surface area contributed by atoms with E-state index in [0.29, 0.717) is 0 Å². The summed E-state index contributed by atoms with van der Waals surface area (Å²) in [5, 5.41) is -0.0460. The Morgan fingerprint density at radius 1 is 1.58 bits per heavy atom. The van der Waals surface area contributed by atoms with Gasteiger partial charge in [-0.1, -0.05) is 11.6 Å². The molecule has 1 aromatic heterocycles. The van der Waals surface area contributed by atoms with Crippen LogP contribution in [0.4, 0.5) is 8.78 Å². The summed E-state index contributed by atoms with van der Waals surface area (Å²) in [7, 11) is 1.27. The molecule has 0 bridgehead atoms. The molecular weight excluding hydrogens is 188 g/mol. The zero-order valence-corrected chi connectivity index (χ0v) is 6.98. The molecule has 0 atom stereocenters. The highest BCUT2D eigenvalue weighted by Gasteiger charge is 2.16. The van der Waals surface area contributed by atoms with Crippen molar-refractivity contribution in [2.75, 3.05) is 7.11 Å². The second-order valence-electron chi connectivity index (χ2n) is 2.02. The van der Waals surface area contributed by atoms with Gasteiger partial charge in [-0.25, -0.2) is 13.8 Å². The first kappa shape index (κ1) is 9.19. The number of rotatable bonds is 2. The molecule has 0 aliphatic heterocycles. The van der Waals surface area contributed by atoms with Gasteiger partial charge in [0.05, 0.1) is 12.7 Å². The molecule has 0 spiro atoms. The van der Waals surface area contributed by atoms with E-state index in [0.717, 1.165) is 0 Å². The summed E-state index contributed by atoms with van der Waals surface area (Å²) in [6, 6.07) is 1.18. The summed E-state index contributed by atoms with van der Waals surface area (Å²) in [5.74, 6) is -0.0610. The van der Waals surface area contributed by atoms with E-state index >= 15 is 0 Å². The average Bonchev–Trinajstić information content (AvgIpc) is 2.03. The fourth-order valence-corrected chi connectivity index (χ4v) is 1.05. The average molecular weight is 194 g/mol. The fourth-order valence-electron chi connectivity index (χ4n) is 0.810. The molecule has 0 saturated heterocycles. The molecule has 0 fully saturated rings. The van der Waals surface area contributed by atoms with Crippen molar-refractivity contribution in [1.29, 1.82) is 0 Å². The van der Waals surface area contributed by atoms with Crippen molar-refractivity contribution in [2.24, 2.45) is 0 Å². The molecule has 0 aromatic carbocycles.